The van der Waals surface area contributed by atoms with E-state index in [1.165, 1.54) is 0 Å². The van der Waals surface area contributed by atoms with E-state index in [1.54, 1.807) is 6.07 Å². The van der Waals surface area contributed by atoms with E-state index < -0.39 is 0 Å². The largest absolute Gasteiger partial charge is 0.359 e. The molecule has 0 saturated carbocycles. The van der Waals surface area contributed by atoms with Gasteiger partial charge in [-0.1, -0.05) is 17.7 Å². The Hall–Kier alpha value is -1.46. The molecule has 0 aliphatic heterocycles. The van der Waals surface area contributed by atoms with Crippen molar-refractivity contribution in [2.75, 3.05) is 0 Å². The number of halogens is 1. The molecule has 64 valence electrons. The molecule has 2 aromatic rings. The van der Waals surface area contributed by atoms with Crippen LogP contribution < -0.4 is 0 Å². The Morgan fingerprint density at radius 2 is 2.23 bits per heavy atom. The van der Waals surface area contributed by atoms with Gasteiger partial charge >= 0.3 is 0 Å². The Morgan fingerprint density at radius 3 is 2.92 bits per heavy atom. The molecule has 0 amide bonds. The molecule has 2 rings (SSSR count). The van der Waals surface area contributed by atoms with Gasteiger partial charge in [-0.25, -0.2) is 4.85 Å². The standard InChI is InChI=1S/C10H7ClN2/c1-6-5-7-8(13-6)3-4-9(12-2)10(7)11/h3-5,13H,1H3. The zero-order valence-corrected chi connectivity index (χ0v) is 7.81. The number of hydrogen-bond donors (Lipinski definition) is 1. The van der Waals surface area contributed by atoms with E-state index in [4.69, 9.17) is 18.2 Å². The minimum absolute atomic E-state index is 0.508. The van der Waals surface area contributed by atoms with Crippen molar-refractivity contribution in [2.24, 2.45) is 0 Å². The highest BCUT2D eigenvalue weighted by molar-refractivity contribution is 6.38. The molecule has 1 aromatic carbocycles. The number of fused-ring (bicyclic) bond motifs is 1. The Labute approximate surface area is 81.0 Å². The van der Waals surface area contributed by atoms with Gasteiger partial charge < -0.3 is 4.98 Å². The predicted molar refractivity (Wildman–Crippen MR) is 54.3 cm³/mol. The molecule has 13 heavy (non-hydrogen) atoms. The minimum atomic E-state index is 0.508. The first-order valence-electron chi connectivity index (χ1n) is 3.87. The summed E-state index contributed by atoms with van der Waals surface area (Å²) in [5.74, 6) is 0. The summed E-state index contributed by atoms with van der Waals surface area (Å²) in [6.07, 6.45) is 0. The zero-order valence-electron chi connectivity index (χ0n) is 7.06. The molecule has 1 aromatic heterocycles. The van der Waals surface area contributed by atoms with E-state index in [0.717, 1.165) is 16.6 Å². The molecule has 0 spiro atoms. The maximum Gasteiger partial charge on any atom is 0.206 e. The second-order valence-electron chi connectivity index (χ2n) is 2.92. The SMILES string of the molecule is [C-]#[N+]c1ccc2[nH]c(C)cc2c1Cl. The lowest BCUT2D eigenvalue weighted by molar-refractivity contribution is 1.30. The summed E-state index contributed by atoms with van der Waals surface area (Å²) in [5, 5.41) is 1.46. The van der Waals surface area contributed by atoms with Gasteiger partial charge in [0.2, 0.25) is 5.69 Å². The van der Waals surface area contributed by atoms with Crippen LogP contribution in [0.15, 0.2) is 18.2 Å². The minimum Gasteiger partial charge on any atom is -0.359 e. The fourth-order valence-electron chi connectivity index (χ4n) is 1.38. The summed E-state index contributed by atoms with van der Waals surface area (Å²) >= 11 is 6.02. The van der Waals surface area contributed by atoms with Gasteiger partial charge in [-0.05, 0) is 19.1 Å². The summed E-state index contributed by atoms with van der Waals surface area (Å²) in [4.78, 5) is 6.50. The lowest BCUT2D eigenvalue weighted by Crippen LogP contribution is -1.69. The van der Waals surface area contributed by atoms with Crippen molar-refractivity contribution in [3.05, 3.63) is 40.3 Å². The van der Waals surface area contributed by atoms with E-state index in [-0.39, 0.29) is 0 Å². The number of aromatic amines is 1. The number of benzene rings is 1. The number of nitrogens with zero attached hydrogens (tertiary/aromatic N) is 1. The van der Waals surface area contributed by atoms with Gasteiger partial charge in [0, 0.05) is 16.6 Å². The third-order valence-electron chi connectivity index (χ3n) is 1.97. The Kier molecular flexibility index (Phi) is 1.75. The number of aryl methyl sites for hydroxylation is 1. The van der Waals surface area contributed by atoms with Crippen molar-refractivity contribution in [1.29, 1.82) is 0 Å². The smallest absolute Gasteiger partial charge is 0.206 e. The molecule has 0 aliphatic carbocycles. The number of rotatable bonds is 0. The van der Waals surface area contributed by atoms with Gasteiger partial charge in [-0.15, -0.1) is 0 Å². The average molecular weight is 191 g/mol. The third kappa shape index (κ3) is 1.18. The zero-order chi connectivity index (χ0) is 9.42. The van der Waals surface area contributed by atoms with Crippen LogP contribution in [0.4, 0.5) is 5.69 Å². The molecule has 2 nitrogen and oxygen atoms in total. The van der Waals surface area contributed by atoms with Crippen molar-refractivity contribution < 1.29 is 0 Å². The van der Waals surface area contributed by atoms with Crippen LogP contribution in [-0.4, -0.2) is 4.98 Å². The Bertz CT molecular complexity index is 505. The molecule has 0 saturated heterocycles. The van der Waals surface area contributed by atoms with Crippen LogP contribution in [0, 0.1) is 13.5 Å². The Morgan fingerprint density at radius 1 is 1.46 bits per heavy atom. The van der Waals surface area contributed by atoms with E-state index in [9.17, 15) is 0 Å². The van der Waals surface area contributed by atoms with Crippen molar-refractivity contribution in [1.82, 2.24) is 4.98 Å². The van der Waals surface area contributed by atoms with Gasteiger partial charge in [-0.2, -0.15) is 0 Å². The maximum absolute atomic E-state index is 6.90. The molecular formula is C10H7ClN2. The van der Waals surface area contributed by atoms with E-state index in [1.807, 2.05) is 19.1 Å². The molecule has 0 unspecified atom stereocenters. The summed E-state index contributed by atoms with van der Waals surface area (Å²) < 4.78 is 0. The van der Waals surface area contributed by atoms with Crippen LogP contribution in [0.1, 0.15) is 5.69 Å². The summed E-state index contributed by atoms with van der Waals surface area (Å²) in [7, 11) is 0. The number of H-pyrrole nitrogens is 1. The first-order chi connectivity index (χ1) is 6.22. The summed E-state index contributed by atoms with van der Waals surface area (Å²) in [6, 6.07) is 5.56. The topological polar surface area (TPSA) is 20.1 Å². The maximum atomic E-state index is 6.90. The van der Waals surface area contributed by atoms with Crippen LogP contribution in [0.2, 0.25) is 5.02 Å². The van der Waals surface area contributed by atoms with E-state index in [0.29, 0.717) is 10.7 Å². The van der Waals surface area contributed by atoms with Crippen LogP contribution in [0.3, 0.4) is 0 Å². The van der Waals surface area contributed by atoms with Crippen LogP contribution in [0.5, 0.6) is 0 Å². The normalized spacial score (nSPS) is 10.2. The fourth-order valence-corrected chi connectivity index (χ4v) is 1.64. The highest BCUT2D eigenvalue weighted by Gasteiger charge is 2.06. The Balaban J connectivity index is 2.87. The molecule has 0 aliphatic rings. The van der Waals surface area contributed by atoms with Gasteiger partial charge in [0.05, 0.1) is 11.6 Å². The van der Waals surface area contributed by atoms with Crippen molar-refractivity contribution >= 4 is 28.2 Å². The highest BCUT2D eigenvalue weighted by Crippen LogP contribution is 2.33. The average Bonchev–Trinajstić information content (AvgIpc) is 2.47. The van der Waals surface area contributed by atoms with Gasteiger partial charge in [0.15, 0.2) is 0 Å². The van der Waals surface area contributed by atoms with Crippen molar-refractivity contribution in [2.45, 2.75) is 6.92 Å². The lowest BCUT2D eigenvalue weighted by Gasteiger charge is -1.95. The second kappa shape index (κ2) is 2.79. The first-order valence-corrected chi connectivity index (χ1v) is 4.25. The van der Waals surface area contributed by atoms with Crippen molar-refractivity contribution in [3.63, 3.8) is 0 Å². The first kappa shape index (κ1) is 8.15. The van der Waals surface area contributed by atoms with Gasteiger partial charge in [0.1, 0.15) is 0 Å². The molecule has 1 heterocycles. The van der Waals surface area contributed by atoms with E-state index >= 15 is 0 Å². The van der Waals surface area contributed by atoms with E-state index in [2.05, 4.69) is 9.83 Å². The third-order valence-corrected chi connectivity index (χ3v) is 2.37. The molecule has 3 heteroatoms. The second-order valence-corrected chi connectivity index (χ2v) is 3.30. The lowest BCUT2D eigenvalue weighted by atomic mass is 10.2. The quantitative estimate of drug-likeness (QED) is 0.612. The number of nitrogens with one attached hydrogen (secondary N) is 1. The molecule has 0 radical (unpaired) electrons. The fraction of sp³-hybridized carbons (Fsp3) is 0.100. The number of aromatic nitrogens is 1. The van der Waals surface area contributed by atoms with Gasteiger partial charge in [0.25, 0.3) is 0 Å². The molecule has 0 bridgehead atoms. The molecule has 0 atom stereocenters. The monoisotopic (exact) mass is 190 g/mol. The number of hydrogen-bond acceptors (Lipinski definition) is 0. The molecular weight excluding hydrogens is 184 g/mol. The summed E-state index contributed by atoms with van der Waals surface area (Å²) in [6.45, 7) is 8.86. The predicted octanol–water partition coefficient (Wildman–Crippen LogP) is 3.68. The van der Waals surface area contributed by atoms with Gasteiger partial charge in [-0.3, -0.25) is 0 Å². The van der Waals surface area contributed by atoms with Crippen LogP contribution in [-0.2, 0) is 0 Å². The highest BCUT2D eigenvalue weighted by atomic mass is 35.5. The van der Waals surface area contributed by atoms with Crippen molar-refractivity contribution in [3.8, 4) is 0 Å². The molecule has 1 N–H and O–H groups in total. The molecule has 0 fully saturated rings. The van der Waals surface area contributed by atoms with Crippen LogP contribution in [0.25, 0.3) is 15.7 Å². The summed E-state index contributed by atoms with van der Waals surface area (Å²) in [5.41, 5.74) is 2.54. The van der Waals surface area contributed by atoms with Crippen LogP contribution >= 0.6 is 11.6 Å².